The van der Waals surface area contributed by atoms with Crippen molar-refractivity contribution in [1.82, 2.24) is 0 Å². The molecule has 1 fully saturated rings. The van der Waals surface area contributed by atoms with Crippen LogP contribution in [-0.2, 0) is 9.59 Å². The lowest BCUT2D eigenvalue weighted by Gasteiger charge is -2.12. The fraction of sp³-hybridized carbons (Fsp3) is 0.667. The topological polar surface area (TPSA) is 70.3 Å². The van der Waals surface area contributed by atoms with Gasteiger partial charge in [-0.1, -0.05) is 0 Å². The van der Waals surface area contributed by atoms with E-state index in [1.54, 1.807) is 0 Å². The Balaban J connectivity index is 2.71. The maximum atomic E-state index is 10.8. The first-order valence-electron chi connectivity index (χ1n) is 3.17. The molecule has 0 bridgehead atoms. The number of Topliss-reactive ketones (excluding diaryl/α,β-unsaturated/α-hetero) is 2. The van der Waals surface area contributed by atoms with Gasteiger partial charge in [-0.3, -0.25) is 9.59 Å². The standard InChI is InChI=1S/C6H8N2O2/c7-8-6-4(9)2-1-3-5(6)10/h6-7H,1-3H2. The molecule has 4 heteroatoms. The molecule has 54 valence electrons. The first-order valence-corrected chi connectivity index (χ1v) is 3.17. The van der Waals surface area contributed by atoms with Crippen LogP contribution in [0.4, 0.5) is 0 Å². The van der Waals surface area contributed by atoms with E-state index in [2.05, 4.69) is 5.11 Å². The van der Waals surface area contributed by atoms with E-state index in [1.807, 2.05) is 0 Å². The molecule has 0 amide bonds. The van der Waals surface area contributed by atoms with E-state index in [1.165, 1.54) is 0 Å². The smallest absolute Gasteiger partial charge is 0.186 e. The molecule has 0 radical (unpaired) electrons. The van der Waals surface area contributed by atoms with Gasteiger partial charge in [0.15, 0.2) is 17.6 Å². The number of rotatable bonds is 1. The third kappa shape index (κ3) is 1.10. The minimum Gasteiger partial charge on any atom is -0.297 e. The fourth-order valence-electron chi connectivity index (χ4n) is 1.03. The zero-order chi connectivity index (χ0) is 7.56. The average Bonchev–Trinajstić information content (AvgIpc) is 1.88. The quantitative estimate of drug-likeness (QED) is 0.430. The van der Waals surface area contributed by atoms with Gasteiger partial charge in [0, 0.05) is 12.8 Å². The molecule has 1 aliphatic rings. The monoisotopic (exact) mass is 140 g/mol. The number of carbonyl (C=O) groups excluding carboxylic acids is 2. The van der Waals surface area contributed by atoms with Gasteiger partial charge >= 0.3 is 0 Å². The summed E-state index contributed by atoms with van der Waals surface area (Å²) in [7, 11) is 0. The van der Waals surface area contributed by atoms with Gasteiger partial charge in [0.05, 0.1) is 0 Å². The van der Waals surface area contributed by atoms with Gasteiger partial charge in [-0.05, 0) is 6.42 Å². The molecule has 4 nitrogen and oxygen atoms in total. The van der Waals surface area contributed by atoms with Crippen molar-refractivity contribution < 1.29 is 9.59 Å². The summed E-state index contributed by atoms with van der Waals surface area (Å²) in [5.74, 6) is -0.405. The van der Waals surface area contributed by atoms with Gasteiger partial charge in [-0.25, -0.2) is 5.53 Å². The molecule has 0 unspecified atom stereocenters. The Morgan fingerprint density at radius 1 is 1.30 bits per heavy atom. The number of hydrogen-bond donors (Lipinski definition) is 1. The highest BCUT2D eigenvalue weighted by Gasteiger charge is 2.29. The highest BCUT2D eigenvalue weighted by atomic mass is 16.2. The summed E-state index contributed by atoms with van der Waals surface area (Å²) in [6.45, 7) is 0. The summed E-state index contributed by atoms with van der Waals surface area (Å²) in [5.41, 5.74) is 6.54. The second kappa shape index (κ2) is 2.68. The summed E-state index contributed by atoms with van der Waals surface area (Å²) < 4.78 is 0. The Morgan fingerprint density at radius 3 is 2.10 bits per heavy atom. The van der Waals surface area contributed by atoms with Crippen molar-refractivity contribution in [2.75, 3.05) is 0 Å². The van der Waals surface area contributed by atoms with Gasteiger partial charge < -0.3 is 0 Å². The van der Waals surface area contributed by atoms with E-state index in [4.69, 9.17) is 5.53 Å². The normalized spacial score (nSPS) is 21.2. The molecular weight excluding hydrogens is 132 g/mol. The van der Waals surface area contributed by atoms with Gasteiger partial charge in [-0.2, -0.15) is 5.11 Å². The highest BCUT2D eigenvalue weighted by Crippen LogP contribution is 2.13. The molecule has 0 aliphatic heterocycles. The SMILES string of the molecule is N=NC1C(=O)CCCC1=O. The predicted molar refractivity (Wildman–Crippen MR) is 32.8 cm³/mol. The predicted octanol–water partition coefficient (Wildman–Crippen LogP) is 0.708. The number of ketones is 2. The second-order valence-corrected chi connectivity index (χ2v) is 2.32. The van der Waals surface area contributed by atoms with Crippen molar-refractivity contribution in [3.63, 3.8) is 0 Å². The lowest BCUT2D eigenvalue weighted by atomic mass is 9.94. The van der Waals surface area contributed by atoms with Crippen LogP contribution in [0.15, 0.2) is 5.11 Å². The van der Waals surface area contributed by atoms with Crippen LogP contribution >= 0.6 is 0 Å². The van der Waals surface area contributed by atoms with Gasteiger partial charge in [0.2, 0.25) is 0 Å². The van der Waals surface area contributed by atoms with Crippen molar-refractivity contribution in [3.05, 3.63) is 0 Å². The van der Waals surface area contributed by atoms with E-state index in [-0.39, 0.29) is 11.6 Å². The van der Waals surface area contributed by atoms with Gasteiger partial charge in [0.1, 0.15) is 0 Å². The molecule has 1 aliphatic carbocycles. The number of nitrogens with one attached hydrogen (secondary N) is 1. The van der Waals surface area contributed by atoms with Crippen LogP contribution in [0.3, 0.4) is 0 Å². The molecule has 0 spiro atoms. The van der Waals surface area contributed by atoms with Crippen molar-refractivity contribution in [1.29, 1.82) is 5.53 Å². The molecule has 0 aromatic rings. The summed E-state index contributed by atoms with van der Waals surface area (Å²) in [5, 5.41) is 2.96. The van der Waals surface area contributed by atoms with E-state index in [0.717, 1.165) is 0 Å². The van der Waals surface area contributed by atoms with Crippen LogP contribution < -0.4 is 0 Å². The van der Waals surface area contributed by atoms with Gasteiger partial charge in [0.25, 0.3) is 0 Å². The largest absolute Gasteiger partial charge is 0.297 e. The molecule has 1 saturated carbocycles. The highest BCUT2D eigenvalue weighted by molar-refractivity contribution is 6.08. The summed E-state index contributed by atoms with van der Waals surface area (Å²) in [6.07, 6.45) is 1.43. The van der Waals surface area contributed by atoms with Crippen LogP contribution in [0, 0.1) is 5.53 Å². The number of carbonyl (C=O) groups is 2. The Labute approximate surface area is 58.1 Å². The Hall–Kier alpha value is -1.06. The van der Waals surface area contributed by atoms with E-state index >= 15 is 0 Å². The third-order valence-electron chi connectivity index (χ3n) is 1.59. The minimum absolute atomic E-state index is 0.203. The maximum Gasteiger partial charge on any atom is 0.186 e. The Bertz CT molecular complexity index is 172. The molecular formula is C6H8N2O2. The van der Waals surface area contributed by atoms with Crippen LogP contribution in [-0.4, -0.2) is 17.6 Å². The van der Waals surface area contributed by atoms with E-state index in [9.17, 15) is 9.59 Å². The van der Waals surface area contributed by atoms with Gasteiger partial charge in [-0.15, -0.1) is 0 Å². The minimum atomic E-state index is -0.964. The summed E-state index contributed by atoms with van der Waals surface area (Å²) in [4.78, 5) is 21.6. The first kappa shape index (κ1) is 7.05. The lowest BCUT2D eigenvalue weighted by Crippen LogP contribution is -2.31. The lowest BCUT2D eigenvalue weighted by molar-refractivity contribution is -0.131. The third-order valence-corrected chi connectivity index (χ3v) is 1.59. The molecule has 0 aromatic carbocycles. The van der Waals surface area contributed by atoms with Crippen LogP contribution in [0.5, 0.6) is 0 Å². The van der Waals surface area contributed by atoms with Crippen LogP contribution in [0.25, 0.3) is 0 Å². The zero-order valence-electron chi connectivity index (χ0n) is 5.46. The Kier molecular flexibility index (Phi) is 1.89. The molecule has 0 aromatic heterocycles. The molecule has 1 rings (SSSR count). The van der Waals surface area contributed by atoms with Crippen molar-refractivity contribution in [3.8, 4) is 0 Å². The van der Waals surface area contributed by atoms with Crippen LogP contribution in [0.1, 0.15) is 19.3 Å². The zero-order valence-corrected chi connectivity index (χ0v) is 5.46. The fourth-order valence-corrected chi connectivity index (χ4v) is 1.03. The maximum absolute atomic E-state index is 10.8. The number of nitrogens with zero attached hydrogens (tertiary/aromatic N) is 1. The number of hydrogen-bond acceptors (Lipinski definition) is 4. The van der Waals surface area contributed by atoms with Crippen LogP contribution in [0.2, 0.25) is 0 Å². The van der Waals surface area contributed by atoms with Crippen molar-refractivity contribution >= 4 is 11.6 Å². The van der Waals surface area contributed by atoms with E-state index < -0.39 is 6.04 Å². The summed E-state index contributed by atoms with van der Waals surface area (Å²) >= 11 is 0. The van der Waals surface area contributed by atoms with E-state index in [0.29, 0.717) is 19.3 Å². The van der Waals surface area contributed by atoms with Crippen molar-refractivity contribution in [2.24, 2.45) is 5.11 Å². The molecule has 1 N–H and O–H groups in total. The van der Waals surface area contributed by atoms with Crippen molar-refractivity contribution in [2.45, 2.75) is 25.3 Å². The Morgan fingerprint density at radius 2 is 1.80 bits per heavy atom. The average molecular weight is 140 g/mol. The summed E-state index contributed by atoms with van der Waals surface area (Å²) in [6, 6.07) is -0.964. The molecule has 0 atom stereocenters. The molecule has 10 heavy (non-hydrogen) atoms. The molecule has 0 saturated heterocycles. The first-order chi connectivity index (χ1) is 4.75. The molecule has 0 heterocycles. The second-order valence-electron chi connectivity index (χ2n) is 2.32.